The zero-order valence-corrected chi connectivity index (χ0v) is 46.3. The lowest BCUT2D eigenvalue weighted by atomic mass is 9.89. The summed E-state index contributed by atoms with van der Waals surface area (Å²) in [6, 6.07) is 29.0. The second kappa shape index (κ2) is 26.2. The lowest BCUT2D eigenvalue weighted by molar-refractivity contribution is 0.0593. The van der Waals surface area contributed by atoms with Crippen molar-refractivity contribution in [2.45, 2.75) is 105 Å². The highest BCUT2D eigenvalue weighted by atomic mass is 35.5. The number of hydrogen-bond donors (Lipinski definition) is 4. The summed E-state index contributed by atoms with van der Waals surface area (Å²) in [5.41, 5.74) is 16.2. The van der Waals surface area contributed by atoms with E-state index in [1.807, 2.05) is 85.5 Å². The molecule has 6 heterocycles. The number of aryl methyl sites for hydroxylation is 4. The fraction of sp³-hybridized carbons (Fsp3) is 0.433. The van der Waals surface area contributed by atoms with Gasteiger partial charge in [0.1, 0.15) is 11.6 Å². The summed E-state index contributed by atoms with van der Waals surface area (Å²) in [5.74, 6) is 2.49. The summed E-state index contributed by atoms with van der Waals surface area (Å²) in [6.45, 7) is 24.8. The van der Waals surface area contributed by atoms with E-state index in [9.17, 15) is 9.59 Å². The summed E-state index contributed by atoms with van der Waals surface area (Å²) in [5, 5.41) is 27.8. The van der Waals surface area contributed by atoms with Gasteiger partial charge in [-0.2, -0.15) is 10.5 Å². The van der Waals surface area contributed by atoms with Crippen LogP contribution in [0.5, 0.6) is 0 Å². The molecule has 4 aromatic carbocycles. The molecule has 15 heteroatoms. The Morgan fingerprint density at radius 2 is 1.04 bits per heavy atom. The molecule has 0 spiro atoms. The number of amides is 1. The van der Waals surface area contributed by atoms with E-state index in [1.165, 1.54) is 29.6 Å². The van der Waals surface area contributed by atoms with Crippen molar-refractivity contribution in [3.63, 3.8) is 0 Å². The van der Waals surface area contributed by atoms with Crippen molar-refractivity contribution in [3.05, 3.63) is 151 Å². The van der Waals surface area contributed by atoms with E-state index in [4.69, 9.17) is 30.3 Å². The van der Waals surface area contributed by atoms with E-state index in [1.54, 1.807) is 0 Å². The molecule has 396 valence electrons. The monoisotopic (exact) mass is 1030 g/mol. The largest absolute Gasteiger partial charge is 0.465 e. The second-order valence-corrected chi connectivity index (χ2v) is 20.5. The topological polar surface area (TPSA) is 190 Å². The molecule has 0 unspecified atom stereocenters. The van der Waals surface area contributed by atoms with Crippen LogP contribution >= 0.6 is 12.4 Å². The first kappa shape index (κ1) is 57.6. The molecule has 4 aliphatic rings. The third-order valence-electron chi connectivity index (χ3n) is 15.0. The highest BCUT2D eigenvalue weighted by Gasteiger charge is 2.33. The van der Waals surface area contributed by atoms with Gasteiger partial charge in [-0.05, 0) is 125 Å². The third-order valence-corrected chi connectivity index (χ3v) is 15.0. The highest BCUT2D eigenvalue weighted by molar-refractivity contribution is 5.98. The van der Waals surface area contributed by atoms with Crippen LogP contribution in [0.15, 0.2) is 72.8 Å². The van der Waals surface area contributed by atoms with Crippen LogP contribution in [0.4, 0.5) is 0 Å². The number of methoxy groups -OCH3 is 1. The highest BCUT2D eigenvalue weighted by Crippen LogP contribution is 2.33. The minimum atomic E-state index is -0.306. The van der Waals surface area contributed by atoms with Gasteiger partial charge in [-0.25, -0.2) is 14.8 Å². The van der Waals surface area contributed by atoms with Crippen LogP contribution in [0.2, 0.25) is 0 Å². The quantitative estimate of drug-likeness (QED) is 0.106. The van der Waals surface area contributed by atoms with E-state index in [0.29, 0.717) is 48.1 Å². The number of likely N-dealkylation sites (tertiary alicyclic amines) is 1. The van der Waals surface area contributed by atoms with E-state index in [-0.39, 0.29) is 24.3 Å². The molecule has 10 rings (SSSR count). The number of aliphatic hydroxyl groups is 1. The van der Waals surface area contributed by atoms with Gasteiger partial charge in [-0.1, -0.05) is 36.4 Å². The van der Waals surface area contributed by atoms with Crippen LogP contribution in [-0.4, -0.2) is 130 Å². The minimum Gasteiger partial charge on any atom is -0.465 e. The number of imidazole rings is 2. The Morgan fingerprint density at radius 3 is 1.44 bits per heavy atom. The molecule has 0 bridgehead atoms. The normalized spacial score (nSPS) is 15.5. The maximum Gasteiger partial charge on any atom is 0.338 e. The first-order chi connectivity index (χ1) is 35.6. The number of esters is 1. The number of nitrogens with zero attached hydrogens (tertiary/aromatic N) is 7. The second-order valence-electron chi connectivity index (χ2n) is 20.5. The number of carbonyl (C=O) groups is 2. The van der Waals surface area contributed by atoms with Gasteiger partial charge in [0.05, 0.1) is 47.3 Å². The lowest BCUT2D eigenvalue weighted by Crippen LogP contribution is -2.48. The molecule has 0 radical (unpaired) electrons. The van der Waals surface area contributed by atoms with E-state index in [2.05, 4.69) is 84.8 Å². The Hall–Kier alpha value is -6.65. The molecular weight excluding hydrogens is 960 g/mol. The first-order valence-corrected chi connectivity index (χ1v) is 26.0. The number of nitrogens with one attached hydrogen (secondary N) is 3. The smallest absolute Gasteiger partial charge is 0.338 e. The number of aromatic nitrogens is 4. The number of halogens is 1. The van der Waals surface area contributed by atoms with E-state index >= 15 is 0 Å². The van der Waals surface area contributed by atoms with E-state index < -0.39 is 0 Å². The van der Waals surface area contributed by atoms with Gasteiger partial charge in [-0.3, -0.25) is 4.79 Å². The molecule has 0 atom stereocenters. The number of carbonyl (C=O) groups excluding carboxylic acids is 2. The summed E-state index contributed by atoms with van der Waals surface area (Å²) in [7, 11) is 2.41. The number of aliphatic hydroxyl groups excluding tert-OH is 1. The summed E-state index contributed by atoms with van der Waals surface area (Å²) >= 11 is 0. The number of aromatic amines is 2. The molecule has 14 nitrogen and oxygen atoms in total. The van der Waals surface area contributed by atoms with Crippen molar-refractivity contribution in [1.29, 1.82) is 10.5 Å². The number of rotatable bonds is 8. The summed E-state index contributed by atoms with van der Waals surface area (Å²) < 4.78 is 4.90. The van der Waals surface area contributed by atoms with E-state index in [0.717, 1.165) is 140 Å². The summed E-state index contributed by atoms with van der Waals surface area (Å²) in [6.07, 6.45) is 3.86. The predicted octanol–water partition coefficient (Wildman–Crippen LogP) is 9.18. The summed E-state index contributed by atoms with van der Waals surface area (Å²) in [4.78, 5) is 49.3. The zero-order chi connectivity index (χ0) is 53.2. The average Bonchev–Trinajstić information content (AvgIpc) is 3.83. The Bertz CT molecular complexity index is 2940. The number of benzene rings is 4. The van der Waals surface area contributed by atoms with Crippen molar-refractivity contribution in [2.24, 2.45) is 0 Å². The fourth-order valence-corrected chi connectivity index (χ4v) is 10.2. The Labute approximate surface area is 450 Å². The SMILES string of the molecule is CO.COC(=O)c1cc(-c2nc3c([nH]2)CCN(C(C)C)CC3)c(C)cc1C.Cc1cc(C)c(-c2nc3c([nH]2)CCN(C(C)C)CC3)cc1C(=O)N1CC(c2ccc(C#N)cc2)C1.Cl.N#Cc1ccc(C2CNC2)cc1. The molecule has 6 aromatic rings. The number of fused-ring (bicyclic) bond motifs is 2. The molecule has 1 amide bonds. The molecule has 2 aromatic heterocycles. The van der Waals surface area contributed by atoms with Crippen LogP contribution in [0.1, 0.15) is 128 Å². The van der Waals surface area contributed by atoms with Crippen LogP contribution in [0.25, 0.3) is 22.8 Å². The molecular formula is C60H75ClN10O4. The van der Waals surface area contributed by atoms with Gasteiger partial charge in [0.15, 0.2) is 0 Å². The van der Waals surface area contributed by atoms with Crippen LogP contribution in [0, 0.1) is 50.4 Å². The van der Waals surface area contributed by atoms with Crippen molar-refractivity contribution in [3.8, 4) is 34.9 Å². The van der Waals surface area contributed by atoms with Crippen molar-refractivity contribution in [2.75, 3.05) is 66.6 Å². The van der Waals surface area contributed by atoms with Gasteiger partial charge in [0.25, 0.3) is 5.91 Å². The Balaban J connectivity index is 0.000000198. The predicted molar refractivity (Wildman–Crippen MR) is 299 cm³/mol. The standard InChI is InChI=1S/C29H33N5O.C20H27N3O2.C10H10N2.CH4O.ClH/c1-18(2)33-11-9-26-27(10-12-33)32-28(31-26)24-14-25(20(4)13-19(24)3)29(35)34-16-23(17-34)22-7-5-21(15-30)6-8-22;1-12(2)23-8-6-17-18(7-9-23)22-19(21-17)15-11-16(20(24)25-5)14(4)10-13(15)3;11-5-8-1-3-9(4-2-8)10-6-12-7-10;1-2;/h5-8,13-14,18,23H,9-12,16-17H2,1-4H3,(H,31,32);10-12H,6-9H2,1-5H3,(H,21,22);1-4,10,12H,6-7H2;2H,1H3;1H. The fourth-order valence-electron chi connectivity index (χ4n) is 10.2. The van der Waals surface area contributed by atoms with Gasteiger partial charge < -0.3 is 39.8 Å². The molecule has 75 heavy (non-hydrogen) atoms. The number of H-pyrrole nitrogens is 2. The van der Waals surface area contributed by atoms with Crippen LogP contribution < -0.4 is 5.32 Å². The first-order valence-electron chi connectivity index (χ1n) is 26.0. The maximum atomic E-state index is 13.4. The molecule has 2 saturated heterocycles. The maximum absolute atomic E-state index is 13.4. The number of nitriles is 2. The van der Waals surface area contributed by atoms with Crippen molar-refractivity contribution < 1.29 is 19.4 Å². The zero-order valence-electron chi connectivity index (χ0n) is 45.4. The van der Waals surface area contributed by atoms with Crippen molar-refractivity contribution >= 4 is 24.3 Å². The van der Waals surface area contributed by atoms with Gasteiger partial charge >= 0.3 is 5.97 Å². The Morgan fingerprint density at radius 1 is 0.627 bits per heavy atom. The molecule has 2 fully saturated rings. The molecule has 0 saturated carbocycles. The van der Waals surface area contributed by atoms with Gasteiger partial charge in [0, 0.05) is 137 Å². The third kappa shape index (κ3) is 13.6. The van der Waals surface area contributed by atoms with Gasteiger partial charge in [0.2, 0.25) is 0 Å². The van der Waals surface area contributed by atoms with Gasteiger partial charge in [-0.15, -0.1) is 12.4 Å². The van der Waals surface area contributed by atoms with Crippen LogP contribution in [0.3, 0.4) is 0 Å². The van der Waals surface area contributed by atoms with Crippen molar-refractivity contribution in [1.82, 2.24) is 40.0 Å². The number of hydrogen-bond acceptors (Lipinski definition) is 11. The lowest BCUT2D eigenvalue weighted by Gasteiger charge is -2.40. The minimum absolute atomic E-state index is 0. The average molecular weight is 1040 g/mol. The Kier molecular flexibility index (Phi) is 20.1. The molecule has 4 aliphatic heterocycles. The number of ether oxygens (including phenoxy) is 1. The molecule has 0 aliphatic carbocycles. The van der Waals surface area contributed by atoms with Crippen LogP contribution in [-0.2, 0) is 30.4 Å². The molecule has 4 N–H and O–H groups in total.